The monoisotopic (exact) mass is 246 g/mol. The molecule has 0 spiro atoms. The van der Waals surface area contributed by atoms with Crippen molar-refractivity contribution >= 4 is 17.6 Å². The smallest absolute Gasteiger partial charge is 0.305 e. The van der Waals surface area contributed by atoms with Gasteiger partial charge in [-0.3, -0.25) is 9.59 Å². The second-order valence-corrected chi connectivity index (χ2v) is 3.77. The molecule has 6 nitrogen and oxygen atoms in total. The Kier molecular flexibility index (Phi) is 3.15. The maximum Gasteiger partial charge on any atom is 0.305 e. The summed E-state index contributed by atoms with van der Waals surface area (Å²) in [4.78, 5) is 23.6. The van der Waals surface area contributed by atoms with Crippen LogP contribution in [0.5, 0.6) is 5.75 Å². The van der Waals surface area contributed by atoms with Gasteiger partial charge in [0.2, 0.25) is 0 Å². The van der Waals surface area contributed by atoms with Gasteiger partial charge in [-0.25, -0.2) is 0 Å². The molecule has 0 bridgehead atoms. The molecule has 1 heterocycles. The molecular formula is C12H10N2O4. The van der Waals surface area contributed by atoms with Gasteiger partial charge in [-0.2, -0.15) is 5.26 Å². The minimum Gasteiger partial charge on any atom is -0.482 e. The van der Waals surface area contributed by atoms with E-state index in [0.717, 1.165) is 0 Å². The van der Waals surface area contributed by atoms with Gasteiger partial charge < -0.3 is 14.7 Å². The first kappa shape index (κ1) is 11.9. The van der Waals surface area contributed by atoms with Gasteiger partial charge in [0.05, 0.1) is 23.7 Å². The molecule has 0 saturated heterocycles. The third-order valence-electron chi connectivity index (χ3n) is 2.58. The second-order valence-electron chi connectivity index (χ2n) is 3.77. The lowest BCUT2D eigenvalue weighted by atomic mass is 10.1. The summed E-state index contributed by atoms with van der Waals surface area (Å²) in [5, 5.41) is 17.5. The van der Waals surface area contributed by atoms with Crippen LogP contribution in [0.15, 0.2) is 18.2 Å². The van der Waals surface area contributed by atoms with Crippen LogP contribution >= 0.6 is 0 Å². The molecule has 0 unspecified atom stereocenters. The normalized spacial score (nSPS) is 13.5. The van der Waals surface area contributed by atoms with Crippen molar-refractivity contribution in [3.8, 4) is 11.8 Å². The van der Waals surface area contributed by atoms with Crippen molar-refractivity contribution in [3.63, 3.8) is 0 Å². The van der Waals surface area contributed by atoms with Crippen LogP contribution in [0.25, 0.3) is 0 Å². The van der Waals surface area contributed by atoms with Crippen LogP contribution in [0.1, 0.15) is 12.0 Å². The van der Waals surface area contributed by atoms with Crippen molar-refractivity contribution in [2.24, 2.45) is 0 Å². The van der Waals surface area contributed by atoms with Gasteiger partial charge >= 0.3 is 5.97 Å². The first-order valence-electron chi connectivity index (χ1n) is 5.31. The fourth-order valence-electron chi connectivity index (χ4n) is 1.72. The Bertz CT molecular complexity index is 547. The van der Waals surface area contributed by atoms with E-state index in [9.17, 15) is 9.59 Å². The lowest BCUT2D eigenvalue weighted by Gasteiger charge is -2.29. The van der Waals surface area contributed by atoms with Crippen LogP contribution in [0, 0.1) is 11.3 Å². The summed E-state index contributed by atoms with van der Waals surface area (Å²) in [6.45, 7) is -0.0437. The molecule has 0 saturated carbocycles. The summed E-state index contributed by atoms with van der Waals surface area (Å²) < 4.78 is 5.22. The number of fused-ring (bicyclic) bond motifs is 1. The largest absolute Gasteiger partial charge is 0.482 e. The topological polar surface area (TPSA) is 90.6 Å². The number of ether oxygens (including phenoxy) is 1. The number of benzene rings is 1. The number of carbonyl (C=O) groups is 2. The minimum atomic E-state index is -0.979. The molecule has 18 heavy (non-hydrogen) atoms. The first-order valence-corrected chi connectivity index (χ1v) is 5.31. The number of nitrogens with zero attached hydrogens (tertiary/aromatic N) is 2. The van der Waals surface area contributed by atoms with Gasteiger partial charge in [-0.1, -0.05) is 0 Å². The molecule has 0 radical (unpaired) electrons. The molecule has 1 aromatic carbocycles. The summed E-state index contributed by atoms with van der Waals surface area (Å²) in [7, 11) is 0. The van der Waals surface area contributed by atoms with Crippen molar-refractivity contribution in [3.05, 3.63) is 23.8 Å². The van der Waals surface area contributed by atoms with Crippen LogP contribution < -0.4 is 9.64 Å². The van der Waals surface area contributed by atoms with Crippen molar-refractivity contribution in [1.29, 1.82) is 5.26 Å². The molecule has 1 amide bonds. The Morgan fingerprint density at radius 1 is 1.56 bits per heavy atom. The highest BCUT2D eigenvalue weighted by molar-refractivity contribution is 5.98. The zero-order valence-electron chi connectivity index (χ0n) is 9.42. The number of hydrogen-bond acceptors (Lipinski definition) is 4. The highest BCUT2D eigenvalue weighted by atomic mass is 16.5. The summed E-state index contributed by atoms with van der Waals surface area (Å²) in [5.74, 6) is -0.801. The number of hydrogen-bond donors (Lipinski definition) is 1. The fourth-order valence-corrected chi connectivity index (χ4v) is 1.72. The molecule has 0 fully saturated rings. The number of nitriles is 1. The zero-order chi connectivity index (χ0) is 13.1. The summed E-state index contributed by atoms with van der Waals surface area (Å²) >= 11 is 0. The Labute approximate surface area is 103 Å². The number of aliphatic carboxylic acids is 1. The maximum absolute atomic E-state index is 11.7. The number of carbonyl (C=O) groups excluding carboxylic acids is 1. The van der Waals surface area contributed by atoms with E-state index in [2.05, 4.69) is 0 Å². The standard InChI is InChI=1S/C12H10N2O4/c13-6-8-1-2-10-9(5-8)14(4-3-12(16)17)11(15)7-18-10/h1-2,5H,3-4,7H2,(H,16,17). The van der Waals surface area contributed by atoms with Crippen LogP contribution in [-0.2, 0) is 9.59 Å². The molecule has 6 heteroatoms. The van der Waals surface area contributed by atoms with Crippen LogP contribution in [0.2, 0.25) is 0 Å². The number of carboxylic acid groups (broad SMARTS) is 1. The Hall–Kier alpha value is -2.55. The minimum absolute atomic E-state index is 0.0689. The highest BCUT2D eigenvalue weighted by Crippen LogP contribution is 2.32. The summed E-state index contributed by atoms with van der Waals surface area (Å²) in [6.07, 6.45) is -0.151. The quantitative estimate of drug-likeness (QED) is 0.850. The molecule has 1 aliphatic heterocycles. The summed E-state index contributed by atoms with van der Waals surface area (Å²) in [6, 6.07) is 6.68. The van der Waals surface area contributed by atoms with E-state index in [0.29, 0.717) is 17.0 Å². The van der Waals surface area contributed by atoms with E-state index in [1.54, 1.807) is 12.1 Å². The zero-order valence-corrected chi connectivity index (χ0v) is 9.42. The van der Waals surface area contributed by atoms with E-state index < -0.39 is 5.97 Å². The average molecular weight is 246 g/mol. The van der Waals surface area contributed by atoms with Gasteiger partial charge in [0.1, 0.15) is 5.75 Å². The average Bonchev–Trinajstić information content (AvgIpc) is 2.36. The predicted octanol–water partition coefficient (Wildman–Crippen LogP) is 0.758. The Morgan fingerprint density at radius 3 is 3.00 bits per heavy atom. The molecule has 2 rings (SSSR count). The van der Waals surface area contributed by atoms with Gasteiger partial charge in [0.15, 0.2) is 6.61 Å². The number of rotatable bonds is 3. The van der Waals surface area contributed by atoms with Gasteiger partial charge in [-0.15, -0.1) is 0 Å². The molecular weight excluding hydrogens is 236 g/mol. The fraction of sp³-hybridized carbons (Fsp3) is 0.250. The number of carboxylic acids is 1. The van der Waals surface area contributed by atoms with Crippen molar-refractivity contribution in [2.75, 3.05) is 18.1 Å². The number of anilines is 1. The maximum atomic E-state index is 11.7. The van der Waals surface area contributed by atoms with Crippen LogP contribution in [0.4, 0.5) is 5.69 Å². The van der Waals surface area contributed by atoms with Crippen molar-refractivity contribution in [2.45, 2.75) is 6.42 Å². The molecule has 1 aromatic rings. The number of amides is 1. The SMILES string of the molecule is N#Cc1ccc2c(c1)N(CCC(=O)O)C(=O)CO2. The lowest BCUT2D eigenvalue weighted by molar-refractivity contribution is -0.136. The van der Waals surface area contributed by atoms with Gasteiger partial charge in [0, 0.05) is 6.54 Å². The molecule has 1 aliphatic rings. The lowest BCUT2D eigenvalue weighted by Crippen LogP contribution is -2.40. The van der Waals surface area contributed by atoms with E-state index >= 15 is 0 Å². The second kappa shape index (κ2) is 4.75. The molecule has 0 aliphatic carbocycles. The third-order valence-corrected chi connectivity index (χ3v) is 2.58. The van der Waals surface area contributed by atoms with Gasteiger partial charge in [-0.05, 0) is 18.2 Å². The van der Waals surface area contributed by atoms with Crippen molar-refractivity contribution < 1.29 is 19.4 Å². The van der Waals surface area contributed by atoms with E-state index in [1.807, 2.05) is 6.07 Å². The first-order chi connectivity index (χ1) is 8.61. The van der Waals surface area contributed by atoms with E-state index in [4.69, 9.17) is 15.1 Å². The molecule has 1 N–H and O–H groups in total. The molecule has 0 aromatic heterocycles. The van der Waals surface area contributed by atoms with Gasteiger partial charge in [0.25, 0.3) is 5.91 Å². The van der Waals surface area contributed by atoms with E-state index in [-0.39, 0.29) is 25.5 Å². The van der Waals surface area contributed by atoms with Crippen molar-refractivity contribution in [1.82, 2.24) is 0 Å². The summed E-state index contributed by atoms with van der Waals surface area (Å²) in [5.41, 5.74) is 0.846. The Morgan fingerprint density at radius 2 is 2.33 bits per heavy atom. The van der Waals surface area contributed by atoms with Crippen LogP contribution in [0.3, 0.4) is 0 Å². The predicted molar refractivity (Wildman–Crippen MR) is 61.3 cm³/mol. The Balaban J connectivity index is 2.33. The van der Waals surface area contributed by atoms with E-state index in [1.165, 1.54) is 11.0 Å². The van der Waals surface area contributed by atoms with Crippen LogP contribution in [-0.4, -0.2) is 30.1 Å². The highest BCUT2D eigenvalue weighted by Gasteiger charge is 2.26. The molecule has 0 atom stereocenters. The molecule has 92 valence electrons. The third kappa shape index (κ3) is 2.25.